The summed E-state index contributed by atoms with van der Waals surface area (Å²) in [5, 5.41) is 10.5. The highest BCUT2D eigenvalue weighted by Gasteiger charge is 2.14. The van der Waals surface area contributed by atoms with Crippen LogP contribution in [0.25, 0.3) is 10.8 Å². The third-order valence-corrected chi connectivity index (χ3v) is 3.36. The minimum atomic E-state index is -1.09. The van der Waals surface area contributed by atoms with Gasteiger partial charge in [-0.05, 0) is 11.6 Å². The first-order valence-corrected chi connectivity index (χ1v) is 6.78. The molecule has 0 saturated carbocycles. The molecule has 2 heterocycles. The van der Waals surface area contributed by atoms with Crippen molar-refractivity contribution >= 4 is 16.9 Å². The van der Waals surface area contributed by atoms with E-state index in [-0.39, 0.29) is 22.2 Å². The number of ether oxygens (including phenoxy) is 1. The predicted molar refractivity (Wildman–Crippen MR) is 83.4 cm³/mol. The fourth-order valence-corrected chi connectivity index (χ4v) is 2.30. The second-order valence-corrected chi connectivity index (χ2v) is 4.89. The summed E-state index contributed by atoms with van der Waals surface area (Å²) in [5.41, 5.74) is 5.57. The molecule has 0 radical (unpaired) electrons. The van der Waals surface area contributed by atoms with Crippen LogP contribution in [-0.4, -0.2) is 20.8 Å². The quantitative estimate of drug-likeness (QED) is 0.764. The summed E-state index contributed by atoms with van der Waals surface area (Å²) < 4.78 is 6.10. The zero-order valence-corrected chi connectivity index (χ0v) is 12.0. The normalized spacial score (nSPS) is 10.6. The third-order valence-electron chi connectivity index (χ3n) is 3.36. The van der Waals surface area contributed by atoms with E-state index in [0.717, 1.165) is 5.56 Å². The fourth-order valence-electron chi connectivity index (χ4n) is 2.30. The lowest BCUT2D eigenvalue weighted by Crippen LogP contribution is -2.21. The average Bonchev–Trinajstić information content (AvgIpc) is 2.53. The molecular formula is C16H13N3O4. The number of fused-ring (bicyclic) bond motifs is 1. The Balaban J connectivity index is 2.06. The van der Waals surface area contributed by atoms with Gasteiger partial charge in [-0.3, -0.25) is 4.79 Å². The van der Waals surface area contributed by atoms with Crippen LogP contribution in [0.2, 0.25) is 0 Å². The van der Waals surface area contributed by atoms with Gasteiger partial charge in [0, 0.05) is 17.8 Å². The molecule has 2 aromatic heterocycles. The van der Waals surface area contributed by atoms with Gasteiger partial charge in [-0.25, -0.2) is 9.78 Å². The number of carbonyl (C=O) groups excluding carboxylic acids is 1. The van der Waals surface area contributed by atoms with E-state index in [1.54, 1.807) is 12.3 Å². The average molecular weight is 311 g/mol. The molecule has 3 aromatic rings. The van der Waals surface area contributed by atoms with Crippen LogP contribution in [0, 0.1) is 0 Å². The van der Waals surface area contributed by atoms with Crippen molar-refractivity contribution in [1.29, 1.82) is 0 Å². The number of hydrogen-bond acceptors (Lipinski definition) is 5. The lowest BCUT2D eigenvalue weighted by atomic mass is 10.2. The number of nitrogens with zero attached hydrogens (tertiary/aromatic N) is 2. The van der Waals surface area contributed by atoms with E-state index in [4.69, 9.17) is 5.73 Å². The van der Waals surface area contributed by atoms with Gasteiger partial charge >= 0.3 is 6.09 Å². The van der Waals surface area contributed by atoms with E-state index in [2.05, 4.69) is 9.72 Å². The van der Waals surface area contributed by atoms with Crippen molar-refractivity contribution in [2.75, 3.05) is 0 Å². The molecule has 0 bridgehead atoms. The van der Waals surface area contributed by atoms with Crippen LogP contribution >= 0.6 is 0 Å². The number of benzene rings is 1. The molecule has 1 aromatic carbocycles. The van der Waals surface area contributed by atoms with Crippen LogP contribution in [0.5, 0.6) is 11.6 Å². The number of carbonyl (C=O) groups is 1. The monoisotopic (exact) mass is 311 g/mol. The Morgan fingerprint density at radius 3 is 2.65 bits per heavy atom. The Kier molecular flexibility index (Phi) is 3.68. The second kappa shape index (κ2) is 5.80. The molecule has 3 N–H and O–H groups in total. The molecule has 1 amide bonds. The summed E-state index contributed by atoms with van der Waals surface area (Å²) in [6.07, 6.45) is 1.72. The summed E-state index contributed by atoms with van der Waals surface area (Å²) in [4.78, 5) is 27.0. The molecule has 0 saturated heterocycles. The van der Waals surface area contributed by atoms with Gasteiger partial charge in [0.25, 0.3) is 11.4 Å². The van der Waals surface area contributed by atoms with Crippen molar-refractivity contribution < 1.29 is 14.6 Å². The van der Waals surface area contributed by atoms with Gasteiger partial charge in [-0.15, -0.1) is 0 Å². The van der Waals surface area contributed by atoms with Crippen molar-refractivity contribution in [2.24, 2.45) is 5.73 Å². The van der Waals surface area contributed by atoms with Crippen LogP contribution in [0.15, 0.2) is 53.6 Å². The largest absolute Gasteiger partial charge is 0.503 e. The van der Waals surface area contributed by atoms with Gasteiger partial charge in [-0.1, -0.05) is 30.3 Å². The number of aromatic nitrogens is 2. The highest BCUT2D eigenvalue weighted by atomic mass is 16.6. The van der Waals surface area contributed by atoms with Crippen LogP contribution in [0.3, 0.4) is 0 Å². The van der Waals surface area contributed by atoms with E-state index in [0.29, 0.717) is 6.54 Å². The maximum Gasteiger partial charge on any atom is 0.411 e. The van der Waals surface area contributed by atoms with Gasteiger partial charge in [0.1, 0.15) is 0 Å². The van der Waals surface area contributed by atoms with Gasteiger partial charge in [-0.2, -0.15) is 0 Å². The Morgan fingerprint density at radius 1 is 1.22 bits per heavy atom. The van der Waals surface area contributed by atoms with Gasteiger partial charge < -0.3 is 20.1 Å². The number of primary amides is 1. The molecule has 0 atom stereocenters. The molecule has 0 aliphatic carbocycles. The molecule has 0 unspecified atom stereocenters. The van der Waals surface area contributed by atoms with Crippen molar-refractivity contribution in [3.05, 3.63) is 64.7 Å². The lowest BCUT2D eigenvalue weighted by molar-refractivity contribution is 0.207. The predicted octanol–water partition coefficient (Wildman–Crippen LogP) is 1.61. The van der Waals surface area contributed by atoms with Crippen molar-refractivity contribution in [3.63, 3.8) is 0 Å². The summed E-state index contributed by atoms with van der Waals surface area (Å²) in [5.74, 6) is -0.726. The molecule has 116 valence electrons. The van der Waals surface area contributed by atoms with Crippen molar-refractivity contribution in [1.82, 2.24) is 9.55 Å². The summed E-state index contributed by atoms with van der Waals surface area (Å²) in [6.45, 7) is 0.399. The molecule has 0 spiro atoms. The Bertz CT molecular complexity index is 935. The highest BCUT2D eigenvalue weighted by Crippen LogP contribution is 2.30. The summed E-state index contributed by atoms with van der Waals surface area (Å²) in [6, 6.07) is 11.1. The van der Waals surface area contributed by atoms with Crippen molar-refractivity contribution in [2.45, 2.75) is 6.54 Å². The number of rotatable bonds is 3. The standard InChI is InChI=1S/C16H13N3O4/c17-16(22)23-14-13(20)11-6-7-19(15(21)12(11)8-18-14)9-10-4-2-1-3-5-10/h1-8,20H,9H2,(H2,17,22). The molecule has 0 fully saturated rings. The minimum absolute atomic E-state index is 0.220. The summed E-state index contributed by atoms with van der Waals surface area (Å²) >= 11 is 0. The van der Waals surface area contributed by atoms with E-state index >= 15 is 0 Å². The van der Waals surface area contributed by atoms with Crippen LogP contribution in [0.1, 0.15) is 5.56 Å². The molecule has 3 rings (SSSR count). The topological polar surface area (TPSA) is 107 Å². The number of nitrogens with two attached hydrogens (primary N) is 1. The first-order chi connectivity index (χ1) is 11.1. The zero-order valence-electron chi connectivity index (χ0n) is 12.0. The lowest BCUT2D eigenvalue weighted by Gasteiger charge is -2.09. The van der Waals surface area contributed by atoms with E-state index in [1.807, 2.05) is 30.3 Å². The molecule has 23 heavy (non-hydrogen) atoms. The molecule has 0 aliphatic rings. The summed E-state index contributed by atoms with van der Waals surface area (Å²) in [7, 11) is 0. The SMILES string of the molecule is NC(=O)Oc1ncc2c(=O)n(Cc3ccccc3)ccc2c1O. The van der Waals surface area contributed by atoms with Crippen LogP contribution in [-0.2, 0) is 6.54 Å². The second-order valence-electron chi connectivity index (χ2n) is 4.89. The number of aromatic hydroxyl groups is 1. The van der Waals surface area contributed by atoms with Gasteiger partial charge in [0.2, 0.25) is 0 Å². The number of amides is 1. The molecule has 0 aliphatic heterocycles. The highest BCUT2D eigenvalue weighted by molar-refractivity contribution is 5.88. The number of pyridine rings is 2. The zero-order chi connectivity index (χ0) is 16.4. The maximum atomic E-state index is 12.5. The third kappa shape index (κ3) is 2.84. The van der Waals surface area contributed by atoms with E-state index in [1.165, 1.54) is 10.8 Å². The molecule has 7 heteroatoms. The van der Waals surface area contributed by atoms with Gasteiger partial charge in [0.15, 0.2) is 5.75 Å². The first-order valence-electron chi connectivity index (χ1n) is 6.78. The first kappa shape index (κ1) is 14.6. The Morgan fingerprint density at radius 2 is 1.96 bits per heavy atom. The Labute approximate surface area is 130 Å². The van der Waals surface area contributed by atoms with Crippen LogP contribution in [0.4, 0.5) is 4.79 Å². The van der Waals surface area contributed by atoms with Gasteiger partial charge in [0.05, 0.1) is 11.9 Å². The fraction of sp³-hybridized carbons (Fsp3) is 0.0625. The number of hydrogen-bond donors (Lipinski definition) is 2. The maximum absolute atomic E-state index is 12.5. The Hall–Kier alpha value is -3.35. The molecule has 7 nitrogen and oxygen atoms in total. The van der Waals surface area contributed by atoms with E-state index in [9.17, 15) is 14.7 Å². The van der Waals surface area contributed by atoms with Crippen molar-refractivity contribution in [3.8, 4) is 11.6 Å². The van der Waals surface area contributed by atoms with E-state index < -0.39 is 11.8 Å². The minimum Gasteiger partial charge on any atom is -0.503 e. The smallest absolute Gasteiger partial charge is 0.411 e. The van der Waals surface area contributed by atoms with Crippen LogP contribution < -0.4 is 16.0 Å². The molecular weight excluding hydrogens is 298 g/mol.